The monoisotopic (exact) mass is 472 g/mol. The largest absolute Gasteiger partial charge is 0.300 e. The first kappa shape index (κ1) is 23.1. The van der Waals surface area contributed by atoms with Gasteiger partial charge in [0.25, 0.3) is 17.4 Å². The van der Waals surface area contributed by atoms with Gasteiger partial charge >= 0.3 is 0 Å². The lowest BCUT2D eigenvalue weighted by Gasteiger charge is -2.25. The van der Waals surface area contributed by atoms with Crippen molar-refractivity contribution in [3.8, 4) is 17.3 Å². The Balaban J connectivity index is 1.53. The van der Waals surface area contributed by atoms with Crippen molar-refractivity contribution in [3.05, 3.63) is 76.6 Å². The van der Waals surface area contributed by atoms with E-state index in [4.69, 9.17) is 0 Å². The van der Waals surface area contributed by atoms with Crippen molar-refractivity contribution in [2.75, 3.05) is 17.8 Å². The Morgan fingerprint density at radius 1 is 1.15 bits per heavy atom. The number of aromatic nitrogens is 2. The van der Waals surface area contributed by atoms with Gasteiger partial charge < -0.3 is 4.98 Å². The molecule has 34 heavy (non-hydrogen) atoms. The maximum Gasteiger partial charge on any atom is 0.289 e. The SMILES string of the molecule is CC1C(=NC(=O)CSc2nc(-c3ccccc3)c(C#N)c(=O)[nH]2)C(=O)N(c2ccccc2)N1C. The molecule has 0 radical (unpaired) electrons. The highest BCUT2D eigenvalue weighted by Crippen LogP contribution is 2.25. The number of benzene rings is 2. The molecule has 0 aliphatic carbocycles. The van der Waals surface area contributed by atoms with Gasteiger partial charge in [0.1, 0.15) is 17.3 Å². The number of carbonyl (C=O) groups is 2. The summed E-state index contributed by atoms with van der Waals surface area (Å²) < 4.78 is 0. The predicted octanol–water partition coefficient (Wildman–Crippen LogP) is 2.65. The van der Waals surface area contributed by atoms with Crippen molar-refractivity contribution in [2.24, 2.45) is 4.99 Å². The van der Waals surface area contributed by atoms with Gasteiger partial charge in [-0.3, -0.25) is 14.4 Å². The molecule has 2 heterocycles. The molecular formula is C24H20N6O3S. The van der Waals surface area contributed by atoms with E-state index in [1.165, 1.54) is 5.01 Å². The molecule has 0 bridgehead atoms. The Morgan fingerprint density at radius 3 is 2.44 bits per heavy atom. The third-order valence-electron chi connectivity index (χ3n) is 5.32. The van der Waals surface area contributed by atoms with Crippen molar-refractivity contribution in [1.82, 2.24) is 15.0 Å². The summed E-state index contributed by atoms with van der Waals surface area (Å²) in [6, 6.07) is 19.5. The molecule has 1 aliphatic rings. The molecule has 170 valence electrons. The fraction of sp³-hybridized carbons (Fsp3) is 0.167. The number of hydrogen-bond acceptors (Lipinski definition) is 7. The van der Waals surface area contributed by atoms with Crippen LogP contribution in [0.2, 0.25) is 0 Å². The second-order valence-electron chi connectivity index (χ2n) is 7.45. The van der Waals surface area contributed by atoms with Gasteiger partial charge in [-0.25, -0.2) is 20.0 Å². The van der Waals surface area contributed by atoms with Crippen LogP contribution < -0.4 is 10.6 Å². The molecule has 1 N–H and O–H groups in total. The number of para-hydroxylation sites is 1. The number of thioether (sulfide) groups is 1. The van der Waals surface area contributed by atoms with Crippen molar-refractivity contribution in [3.63, 3.8) is 0 Å². The number of aromatic amines is 1. The van der Waals surface area contributed by atoms with E-state index >= 15 is 0 Å². The summed E-state index contributed by atoms with van der Waals surface area (Å²) in [7, 11) is 1.76. The minimum absolute atomic E-state index is 0.100. The number of nitriles is 1. The van der Waals surface area contributed by atoms with Crippen LogP contribution in [0.1, 0.15) is 12.5 Å². The number of hydrazine groups is 1. The van der Waals surface area contributed by atoms with Gasteiger partial charge in [0.2, 0.25) is 0 Å². The predicted molar refractivity (Wildman–Crippen MR) is 129 cm³/mol. The lowest BCUT2D eigenvalue weighted by atomic mass is 10.1. The quantitative estimate of drug-likeness (QED) is 0.447. The van der Waals surface area contributed by atoms with E-state index in [0.29, 0.717) is 11.3 Å². The zero-order chi connectivity index (χ0) is 24.2. The number of anilines is 1. The van der Waals surface area contributed by atoms with Crippen LogP contribution >= 0.6 is 11.8 Å². The van der Waals surface area contributed by atoms with E-state index in [2.05, 4.69) is 15.0 Å². The van der Waals surface area contributed by atoms with E-state index in [9.17, 15) is 19.6 Å². The average molecular weight is 473 g/mol. The lowest BCUT2D eigenvalue weighted by Crippen LogP contribution is -2.38. The van der Waals surface area contributed by atoms with Gasteiger partial charge in [-0.2, -0.15) is 5.26 Å². The number of nitrogens with one attached hydrogen (secondary N) is 1. The Bertz CT molecular complexity index is 1360. The van der Waals surface area contributed by atoms with Gasteiger partial charge in [-0.15, -0.1) is 0 Å². The number of hydrogen-bond donors (Lipinski definition) is 1. The standard InChI is InChI=1S/C24H20N6O3S/c1-15-20(23(33)30(29(15)2)17-11-7-4-8-12-17)26-19(31)14-34-24-27-21(16-9-5-3-6-10-16)18(13-25)22(32)28-24/h3-12,15H,14H2,1-2H3,(H,27,28,32). The molecule has 10 heteroatoms. The fourth-order valence-electron chi connectivity index (χ4n) is 3.52. The van der Waals surface area contributed by atoms with Gasteiger partial charge in [-0.1, -0.05) is 60.3 Å². The van der Waals surface area contributed by atoms with Gasteiger partial charge in [0.05, 0.1) is 23.2 Å². The second-order valence-corrected chi connectivity index (χ2v) is 8.42. The van der Waals surface area contributed by atoms with Crippen LogP contribution in [0, 0.1) is 11.3 Å². The molecule has 1 atom stereocenters. The molecule has 2 aromatic carbocycles. The molecule has 0 spiro atoms. The molecular weight excluding hydrogens is 452 g/mol. The molecule has 2 amide bonds. The van der Waals surface area contributed by atoms with Crippen LogP contribution in [0.15, 0.2) is 75.6 Å². The summed E-state index contributed by atoms with van der Waals surface area (Å²) in [6.07, 6.45) is 0. The molecule has 1 unspecified atom stereocenters. The average Bonchev–Trinajstić information content (AvgIpc) is 3.06. The molecule has 9 nitrogen and oxygen atoms in total. The van der Waals surface area contributed by atoms with E-state index in [1.807, 2.05) is 30.3 Å². The maximum absolute atomic E-state index is 13.0. The summed E-state index contributed by atoms with van der Waals surface area (Å²) in [5, 5.41) is 12.8. The normalized spacial score (nSPS) is 17.2. The highest BCUT2D eigenvalue weighted by Gasteiger charge is 2.40. The van der Waals surface area contributed by atoms with Crippen LogP contribution in [0.5, 0.6) is 0 Å². The third kappa shape index (κ3) is 4.52. The zero-order valence-corrected chi connectivity index (χ0v) is 19.2. The van der Waals surface area contributed by atoms with Gasteiger partial charge in [0, 0.05) is 12.6 Å². The minimum Gasteiger partial charge on any atom is -0.300 e. The van der Waals surface area contributed by atoms with E-state index < -0.39 is 11.5 Å². The van der Waals surface area contributed by atoms with Gasteiger partial charge in [-0.05, 0) is 19.1 Å². The number of rotatable bonds is 5. The Kier molecular flexibility index (Phi) is 6.67. The van der Waals surface area contributed by atoms with Crippen molar-refractivity contribution >= 4 is 35.0 Å². The van der Waals surface area contributed by atoms with E-state index in [0.717, 1.165) is 11.8 Å². The van der Waals surface area contributed by atoms with Crippen LogP contribution in [-0.4, -0.2) is 51.3 Å². The molecule has 1 aliphatic heterocycles. The summed E-state index contributed by atoms with van der Waals surface area (Å²) in [5.74, 6) is -1.03. The van der Waals surface area contributed by atoms with Crippen LogP contribution in [0.25, 0.3) is 11.3 Å². The van der Waals surface area contributed by atoms with Crippen molar-refractivity contribution < 1.29 is 9.59 Å². The van der Waals surface area contributed by atoms with Crippen molar-refractivity contribution in [2.45, 2.75) is 18.1 Å². The number of aliphatic imine (C=N–C) groups is 1. The molecule has 1 saturated heterocycles. The number of nitrogens with zero attached hydrogens (tertiary/aromatic N) is 5. The number of carbonyl (C=O) groups excluding carboxylic acids is 2. The molecule has 3 aromatic rings. The highest BCUT2D eigenvalue weighted by molar-refractivity contribution is 7.99. The Hall–Kier alpha value is -4.07. The van der Waals surface area contributed by atoms with E-state index in [1.54, 1.807) is 55.4 Å². The van der Waals surface area contributed by atoms with E-state index in [-0.39, 0.29) is 39.8 Å². The summed E-state index contributed by atoms with van der Waals surface area (Å²) in [4.78, 5) is 48.9. The van der Waals surface area contributed by atoms with Crippen LogP contribution in [0.3, 0.4) is 0 Å². The number of amides is 2. The second kappa shape index (κ2) is 9.82. The third-order valence-corrected chi connectivity index (χ3v) is 6.18. The first-order valence-electron chi connectivity index (χ1n) is 10.4. The lowest BCUT2D eigenvalue weighted by molar-refractivity contribution is -0.116. The molecule has 4 rings (SSSR count). The fourth-order valence-corrected chi connectivity index (χ4v) is 4.16. The first-order valence-corrected chi connectivity index (χ1v) is 11.4. The highest BCUT2D eigenvalue weighted by atomic mass is 32.2. The van der Waals surface area contributed by atoms with Crippen LogP contribution in [0.4, 0.5) is 5.69 Å². The smallest absolute Gasteiger partial charge is 0.289 e. The molecule has 1 aromatic heterocycles. The summed E-state index contributed by atoms with van der Waals surface area (Å²) in [6.45, 7) is 1.80. The summed E-state index contributed by atoms with van der Waals surface area (Å²) >= 11 is 0.983. The zero-order valence-electron chi connectivity index (χ0n) is 18.4. The first-order chi connectivity index (χ1) is 16.4. The summed E-state index contributed by atoms with van der Waals surface area (Å²) in [5.41, 5.74) is 1.000. The maximum atomic E-state index is 13.0. The molecule has 0 saturated carbocycles. The van der Waals surface area contributed by atoms with Crippen LogP contribution in [-0.2, 0) is 9.59 Å². The Morgan fingerprint density at radius 2 is 1.79 bits per heavy atom. The number of H-pyrrole nitrogens is 1. The van der Waals surface area contributed by atoms with Crippen molar-refractivity contribution in [1.29, 1.82) is 5.26 Å². The minimum atomic E-state index is -0.586. The van der Waals surface area contributed by atoms with Gasteiger partial charge in [0.15, 0.2) is 5.16 Å². The Labute approximate surface area is 199 Å². The molecule has 1 fully saturated rings. The topological polar surface area (TPSA) is 123 Å².